The molecule has 0 fully saturated rings. The van der Waals surface area contributed by atoms with E-state index < -0.39 is 10.0 Å². The fraction of sp³-hybridized carbons (Fsp3) is 0.294. The Morgan fingerprint density at radius 1 is 1.36 bits per heavy atom. The summed E-state index contributed by atoms with van der Waals surface area (Å²) in [5, 5.41) is 0.481. The van der Waals surface area contributed by atoms with Gasteiger partial charge in [0.1, 0.15) is 22.6 Å². The maximum absolute atomic E-state index is 13.2. The number of nitrogens with one attached hydrogen (secondary N) is 1. The van der Waals surface area contributed by atoms with E-state index in [9.17, 15) is 8.42 Å². The van der Waals surface area contributed by atoms with Crippen LogP contribution in [-0.4, -0.2) is 41.8 Å². The monoisotopic (exact) mass is 360 g/mol. The number of aromatic nitrogens is 3. The van der Waals surface area contributed by atoms with Gasteiger partial charge in [0.2, 0.25) is 10.0 Å². The van der Waals surface area contributed by atoms with Crippen molar-refractivity contribution in [1.82, 2.24) is 19.3 Å². The van der Waals surface area contributed by atoms with Crippen LogP contribution in [0.3, 0.4) is 0 Å². The van der Waals surface area contributed by atoms with Crippen LogP contribution in [-0.2, 0) is 10.0 Å². The first-order valence-corrected chi connectivity index (χ1v) is 9.32. The molecule has 1 N–H and O–H groups in total. The number of ether oxygens (including phenoxy) is 1. The van der Waals surface area contributed by atoms with E-state index >= 15 is 0 Å². The summed E-state index contributed by atoms with van der Waals surface area (Å²) in [6.07, 6.45) is 4.97. The molecule has 0 spiro atoms. The van der Waals surface area contributed by atoms with Crippen molar-refractivity contribution < 1.29 is 13.2 Å². The lowest BCUT2D eigenvalue weighted by Crippen LogP contribution is -2.31. The molecule has 0 bridgehead atoms. The van der Waals surface area contributed by atoms with Crippen LogP contribution in [0.25, 0.3) is 11.0 Å². The Morgan fingerprint density at radius 2 is 2.16 bits per heavy atom. The highest BCUT2D eigenvalue weighted by atomic mass is 32.2. The van der Waals surface area contributed by atoms with Crippen molar-refractivity contribution in [2.45, 2.75) is 24.3 Å². The van der Waals surface area contributed by atoms with Gasteiger partial charge in [-0.3, -0.25) is 0 Å². The third-order valence-electron chi connectivity index (χ3n) is 4.28. The van der Waals surface area contributed by atoms with Gasteiger partial charge in [-0.15, -0.1) is 0 Å². The smallest absolute Gasteiger partial charge is 0.245 e. The molecule has 0 saturated carbocycles. The van der Waals surface area contributed by atoms with E-state index in [0.29, 0.717) is 23.2 Å². The number of methoxy groups -OCH3 is 1. The molecule has 25 heavy (non-hydrogen) atoms. The summed E-state index contributed by atoms with van der Waals surface area (Å²) in [5.41, 5.74) is 1.38. The van der Waals surface area contributed by atoms with Crippen molar-refractivity contribution in [3.63, 3.8) is 0 Å². The molecule has 7 nitrogen and oxygen atoms in total. The molecule has 132 valence electrons. The van der Waals surface area contributed by atoms with Crippen LogP contribution in [0, 0.1) is 0 Å². The van der Waals surface area contributed by atoms with Crippen molar-refractivity contribution in [2.24, 2.45) is 0 Å². The van der Waals surface area contributed by atoms with E-state index in [0.717, 1.165) is 5.56 Å². The van der Waals surface area contributed by atoms with E-state index in [1.807, 2.05) is 31.2 Å². The maximum Gasteiger partial charge on any atom is 0.245 e. The molecule has 2 aromatic heterocycles. The average Bonchev–Trinajstić information content (AvgIpc) is 3.07. The fourth-order valence-electron chi connectivity index (χ4n) is 2.92. The van der Waals surface area contributed by atoms with Crippen LogP contribution >= 0.6 is 0 Å². The lowest BCUT2D eigenvalue weighted by Gasteiger charge is -2.27. The van der Waals surface area contributed by atoms with Crippen LogP contribution in [0.1, 0.15) is 24.9 Å². The minimum absolute atomic E-state index is 0.173. The van der Waals surface area contributed by atoms with Gasteiger partial charge in [0.15, 0.2) is 0 Å². The summed E-state index contributed by atoms with van der Waals surface area (Å²) in [6, 6.07) is 7.15. The van der Waals surface area contributed by atoms with Gasteiger partial charge in [-0.05, 0) is 24.1 Å². The lowest BCUT2D eigenvalue weighted by atomic mass is 10.0. The highest BCUT2D eigenvalue weighted by Crippen LogP contribution is 2.32. The summed E-state index contributed by atoms with van der Waals surface area (Å²) in [7, 11) is -0.541. The number of hydrogen-bond donors (Lipinski definition) is 1. The second kappa shape index (κ2) is 6.81. The Hall–Kier alpha value is -2.45. The first-order valence-electron chi connectivity index (χ1n) is 7.88. The summed E-state index contributed by atoms with van der Waals surface area (Å²) < 4.78 is 33.0. The van der Waals surface area contributed by atoms with Gasteiger partial charge in [0.05, 0.1) is 12.5 Å². The van der Waals surface area contributed by atoms with E-state index in [1.54, 1.807) is 14.2 Å². The Bertz CT molecular complexity index is 984. The highest BCUT2D eigenvalue weighted by Gasteiger charge is 2.30. The quantitative estimate of drug-likeness (QED) is 0.730. The third kappa shape index (κ3) is 3.10. The number of H-pyrrole nitrogens is 1. The Balaban J connectivity index is 2.03. The van der Waals surface area contributed by atoms with Crippen LogP contribution in [0.2, 0.25) is 0 Å². The van der Waals surface area contributed by atoms with Gasteiger partial charge in [-0.1, -0.05) is 19.1 Å². The van der Waals surface area contributed by atoms with Crippen molar-refractivity contribution >= 4 is 21.1 Å². The zero-order valence-corrected chi connectivity index (χ0v) is 15.1. The molecular formula is C17H20N4O3S. The second-order valence-corrected chi connectivity index (χ2v) is 7.63. The van der Waals surface area contributed by atoms with Gasteiger partial charge in [-0.2, -0.15) is 4.31 Å². The first kappa shape index (κ1) is 17.4. The van der Waals surface area contributed by atoms with E-state index in [2.05, 4.69) is 15.0 Å². The molecule has 1 aromatic carbocycles. The van der Waals surface area contributed by atoms with Gasteiger partial charge in [0.25, 0.3) is 0 Å². The van der Waals surface area contributed by atoms with E-state index in [-0.39, 0.29) is 10.9 Å². The normalized spacial score (nSPS) is 13.3. The molecule has 0 amide bonds. The topological polar surface area (TPSA) is 88.2 Å². The molecule has 3 aromatic rings. The fourth-order valence-corrected chi connectivity index (χ4v) is 4.48. The summed E-state index contributed by atoms with van der Waals surface area (Å²) >= 11 is 0. The zero-order chi connectivity index (χ0) is 18.0. The standard InChI is InChI=1S/C17H20N4O3S/c1-4-15(12-6-5-7-13(8-12)24-3)21(2)25(22,23)16-10-19-17-14(16)9-18-11-20-17/h5-11,15H,4H2,1-3H3,(H,18,19,20). The van der Waals surface area contributed by atoms with Crippen LogP contribution < -0.4 is 4.74 Å². The SMILES string of the molecule is CCC(c1cccc(OC)c1)N(C)S(=O)(=O)c1c[nH]c2ncncc12. The molecule has 1 unspecified atom stereocenters. The molecule has 2 heterocycles. The number of fused-ring (bicyclic) bond motifs is 1. The lowest BCUT2D eigenvalue weighted by molar-refractivity contribution is 0.364. The molecule has 0 radical (unpaired) electrons. The first-order chi connectivity index (χ1) is 12.0. The zero-order valence-electron chi connectivity index (χ0n) is 14.3. The molecule has 8 heteroatoms. The summed E-state index contributed by atoms with van der Waals surface area (Å²) in [6.45, 7) is 1.95. The predicted molar refractivity (Wildman–Crippen MR) is 94.9 cm³/mol. The summed E-state index contributed by atoms with van der Waals surface area (Å²) in [5.74, 6) is 0.697. The Kier molecular flexibility index (Phi) is 4.73. The minimum Gasteiger partial charge on any atom is -0.497 e. The van der Waals surface area contributed by atoms with Gasteiger partial charge in [0, 0.05) is 25.5 Å². The molecule has 0 aliphatic carbocycles. The molecular weight excluding hydrogens is 340 g/mol. The maximum atomic E-state index is 13.2. The Labute approximate surface area is 146 Å². The van der Waals surface area contributed by atoms with E-state index in [1.165, 1.54) is 23.0 Å². The molecule has 1 atom stereocenters. The highest BCUT2D eigenvalue weighted by molar-refractivity contribution is 7.89. The number of benzene rings is 1. The molecule has 0 saturated heterocycles. The van der Waals surface area contributed by atoms with Gasteiger partial charge in [-0.25, -0.2) is 18.4 Å². The molecule has 0 aliphatic rings. The number of aromatic amines is 1. The van der Waals surface area contributed by atoms with Crippen LogP contribution in [0.4, 0.5) is 0 Å². The van der Waals surface area contributed by atoms with Crippen molar-refractivity contribution in [3.05, 3.63) is 48.5 Å². The predicted octanol–water partition coefficient (Wildman–Crippen LogP) is 2.74. The average molecular weight is 360 g/mol. The summed E-state index contributed by atoms with van der Waals surface area (Å²) in [4.78, 5) is 11.0. The second-order valence-electron chi connectivity index (χ2n) is 5.66. The van der Waals surface area contributed by atoms with E-state index in [4.69, 9.17) is 4.74 Å². The number of hydrogen-bond acceptors (Lipinski definition) is 5. The van der Waals surface area contributed by atoms with Gasteiger partial charge < -0.3 is 9.72 Å². The minimum atomic E-state index is -3.72. The van der Waals surface area contributed by atoms with Gasteiger partial charge >= 0.3 is 0 Å². The number of rotatable bonds is 6. The number of sulfonamides is 1. The third-order valence-corrected chi connectivity index (χ3v) is 6.19. The molecule has 0 aliphatic heterocycles. The van der Waals surface area contributed by atoms with Crippen LogP contribution in [0.5, 0.6) is 5.75 Å². The van der Waals surface area contributed by atoms with Crippen molar-refractivity contribution in [1.29, 1.82) is 0 Å². The Morgan fingerprint density at radius 3 is 2.88 bits per heavy atom. The van der Waals surface area contributed by atoms with Crippen LogP contribution in [0.15, 0.2) is 47.9 Å². The number of nitrogens with zero attached hydrogens (tertiary/aromatic N) is 3. The largest absolute Gasteiger partial charge is 0.497 e. The van der Waals surface area contributed by atoms with Crippen molar-refractivity contribution in [3.8, 4) is 5.75 Å². The van der Waals surface area contributed by atoms with Crippen molar-refractivity contribution in [2.75, 3.05) is 14.2 Å². The molecule has 3 rings (SSSR count).